The standard InChI is InChI=1S/C34H40N6O4S2/c1-21-3-9-27-25(15-21)39(17-23-5-6-23)19-33(45-27,31-35-11-12-36-31)43-29(41)30(42)44-34(32-37-13-14-38-32)20-40(18-24-7-8-24)26-16-22(2)4-10-28(26)46-34/h3-4,9-10,15-16,23-24H,5-8,11-14,17-20H2,1-2H3,(H,35,36)(H,37,38). The van der Waals surface area contributed by atoms with E-state index in [2.05, 4.69) is 70.7 Å². The molecule has 6 aliphatic rings. The molecular formula is C34H40N6O4S2. The summed E-state index contributed by atoms with van der Waals surface area (Å²) in [6, 6.07) is 12.7. The lowest BCUT2D eigenvalue weighted by Crippen LogP contribution is -2.58. The van der Waals surface area contributed by atoms with Crippen molar-refractivity contribution in [2.24, 2.45) is 21.8 Å². The number of aliphatic imine (C=N–C) groups is 2. The highest BCUT2D eigenvalue weighted by atomic mass is 32.2. The minimum atomic E-state index is -1.21. The van der Waals surface area contributed by atoms with Gasteiger partial charge in [-0.1, -0.05) is 35.7 Å². The molecule has 0 saturated heterocycles. The van der Waals surface area contributed by atoms with Crippen molar-refractivity contribution in [3.8, 4) is 0 Å². The molecule has 2 N–H and O–H groups in total. The highest BCUT2D eigenvalue weighted by Gasteiger charge is 2.53. The van der Waals surface area contributed by atoms with E-state index in [4.69, 9.17) is 19.5 Å². The van der Waals surface area contributed by atoms with Crippen molar-refractivity contribution in [2.75, 3.05) is 62.2 Å². The summed E-state index contributed by atoms with van der Waals surface area (Å²) in [4.78, 5) is 41.6. The van der Waals surface area contributed by atoms with Gasteiger partial charge in [0.15, 0.2) is 11.7 Å². The number of anilines is 2. The van der Waals surface area contributed by atoms with Crippen LogP contribution in [0.5, 0.6) is 0 Å². The largest absolute Gasteiger partial charge is 0.429 e. The second kappa shape index (κ2) is 11.7. The molecule has 0 aromatic heterocycles. The maximum atomic E-state index is 14.0. The first-order valence-corrected chi connectivity index (χ1v) is 18.1. The summed E-state index contributed by atoms with van der Waals surface area (Å²) in [5.74, 6) is 0.367. The zero-order chi connectivity index (χ0) is 31.5. The van der Waals surface area contributed by atoms with Gasteiger partial charge >= 0.3 is 11.9 Å². The molecule has 10 nitrogen and oxygen atoms in total. The normalized spacial score (nSPS) is 26.7. The van der Waals surface area contributed by atoms with Gasteiger partial charge in [-0.05, 0) is 86.8 Å². The molecule has 8 rings (SSSR count). The molecule has 242 valence electrons. The predicted octanol–water partition coefficient (Wildman–Crippen LogP) is 4.13. The first-order chi connectivity index (χ1) is 22.3. The molecule has 2 fully saturated rings. The topological polar surface area (TPSA) is 108 Å². The number of aryl methyl sites for hydroxylation is 2. The molecule has 4 heterocycles. The first-order valence-electron chi connectivity index (χ1n) is 16.4. The number of amidine groups is 2. The van der Waals surface area contributed by atoms with Crippen molar-refractivity contribution in [3.05, 3.63) is 47.5 Å². The fourth-order valence-corrected chi connectivity index (χ4v) is 9.41. The fourth-order valence-electron chi connectivity index (χ4n) is 6.70. The summed E-state index contributed by atoms with van der Waals surface area (Å²) in [5.41, 5.74) is 4.63. The number of hydrogen-bond acceptors (Lipinski definition) is 12. The highest BCUT2D eigenvalue weighted by molar-refractivity contribution is 8.01. The maximum absolute atomic E-state index is 14.0. The monoisotopic (exact) mass is 660 g/mol. The van der Waals surface area contributed by atoms with Gasteiger partial charge in [0, 0.05) is 36.0 Å². The van der Waals surface area contributed by atoms with E-state index in [1.165, 1.54) is 60.3 Å². The number of fused-ring (bicyclic) bond motifs is 2. The summed E-state index contributed by atoms with van der Waals surface area (Å²) in [6.07, 6.45) is 4.78. The van der Waals surface area contributed by atoms with Crippen LogP contribution >= 0.6 is 23.5 Å². The van der Waals surface area contributed by atoms with Crippen LogP contribution in [0.15, 0.2) is 56.2 Å². The molecule has 4 aliphatic heterocycles. The second-order valence-corrected chi connectivity index (χ2v) is 16.0. The number of benzene rings is 2. The van der Waals surface area contributed by atoms with E-state index >= 15 is 0 Å². The molecular weight excluding hydrogens is 621 g/mol. The van der Waals surface area contributed by atoms with Gasteiger partial charge in [-0.25, -0.2) is 9.59 Å². The minimum Gasteiger partial charge on any atom is -0.429 e. The molecule has 0 bridgehead atoms. The number of carbonyl (C=O) groups excluding carboxylic acids is 2. The van der Waals surface area contributed by atoms with Crippen molar-refractivity contribution < 1.29 is 19.1 Å². The second-order valence-electron chi connectivity index (χ2n) is 13.4. The molecule has 12 heteroatoms. The Morgan fingerprint density at radius 3 is 1.57 bits per heavy atom. The van der Waals surface area contributed by atoms with E-state index in [9.17, 15) is 9.59 Å². The van der Waals surface area contributed by atoms with Crippen LogP contribution in [0.1, 0.15) is 36.8 Å². The smallest absolute Gasteiger partial charge is 0.419 e. The van der Waals surface area contributed by atoms with E-state index in [1.54, 1.807) is 0 Å². The number of hydrogen-bond donors (Lipinski definition) is 2. The summed E-state index contributed by atoms with van der Waals surface area (Å²) in [5, 5.41) is 6.71. The number of ether oxygens (including phenoxy) is 2. The van der Waals surface area contributed by atoms with Crippen molar-refractivity contribution in [1.29, 1.82) is 0 Å². The Hall–Kier alpha value is -3.38. The first kappa shape index (κ1) is 30.0. The van der Waals surface area contributed by atoms with Crippen LogP contribution in [0.25, 0.3) is 0 Å². The molecule has 2 aliphatic carbocycles. The van der Waals surface area contributed by atoms with E-state index in [-0.39, 0.29) is 0 Å². The van der Waals surface area contributed by atoms with Crippen molar-refractivity contribution in [2.45, 2.75) is 59.2 Å². The summed E-state index contributed by atoms with van der Waals surface area (Å²) < 4.78 is 12.6. The Kier molecular flexibility index (Phi) is 7.63. The number of thioether (sulfide) groups is 2. The van der Waals surface area contributed by atoms with E-state index < -0.39 is 21.8 Å². The predicted molar refractivity (Wildman–Crippen MR) is 182 cm³/mol. The van der Waals surface area contributed by atoms with Crippen molar-refractivity contribution >= 4 is 58.5 Å². The molecule has 2 saturated carbocycles. The molecule has 0 amide bonds. The maximum Gasteiger partial charge on any atom is 0.419 e. The summed E-state index contributed by atoms with van der Waals surface area (Å²) in [7, 11) is 0. The average molecular weight is 661 g/mol. The van der Waals surface area contributed by atoms with Crippen LogP contribution in [-0.2, 0) is 19.1 Å². The van der Waals surface area contributed by atoms with Crippen LogP contribution in [0.3, 0.4) is 0 Å². The van der Waals surface area contributed by atoms with E-state index in [1.807, 2.05) is 0 Å². The van der Waals surface area contributed by atoms with Crippen LogP contribution < -0.4 is 20.4 Å². The fraction of sp³-hybridized carbons (Fsp3) is 0.529. The van der Waals surface area contributed by atoms with E-state index in [0.717, 1.165) is 34.3 Å². The number of nitrogens with zero attached hydrogens (tertiary/aromatic N) is 4. The molecule has 46 heavy (non-hydrogen) atoms. The molecule has 0 radical (unpaired) electrons. The Bertz CT molecular complexity index is 1520. The molecule has 2 unspecified atom stereocenters. The third-order valence-corrected chi connectivity index (χ3v) is 12.0. The van der Waals surface area contributed by atoms with Gasteiger partial charge in [0.05, 0.1) is 37.6 Å². The lowest BCUT2D eigenvalue weighted by atomic mass is 10.1. The Balaban J connectivity index is 1.10. The summed E-state index contributed by atoms with van der Waals surface area (Å²) >= 11 is 2.90. The zero-order valence-electron chi connectivity index (χ0n) is 26.3. The SMILES string of the molecule is Cc1ccc2c(c1)N(CC1CC1)CC(OC(=O)C(=O)OC1(C3=NCCN3)CN(CC3CC3)c3cc(C)ccc3S1)(C1=NCCN1)S2. The van der Waals surface area contributed by atoms with Crippen LogP contribution in [0.2, 0.25) is 0 Å². The van der Waals surface area contributed by atoms with Gasteiger partial charge in [-0.15, -0.1) is 0 Å². The summed E-state index contributed by atoms with van der Waals surface area (Å²) in [6.45, 7) is 9.20. The number of nitrogens with one attached hydrogen (secondary N) is 2. The van der Waals surface area contributed by atoms with Crippen molar-refractivity contribution in [3.63, 3.8) is 0 Å². The highest BCUT2D eigenvalue weighted by Crippen LogP contribution is 2.50. The lowest BCUT2D eigenvalue weighted by molar-refractivity contribution is -0.172. The molecule has 2 aromatic rings. The van der Waals surface area contributed by atoms with Gasteiger partial charge in [-0.2, -0.15) is 0 Å². The Morgan fingerprint density at radius 2 is 1.20 bits per heavy atom. The Morgan fingerprint density at radius 1 is 0.761 bits per heavy atom. The van der Waals surface area contributed by atoms with E-state index in [0.29, 0.717) is 62.8 Å². The van der Waals surface area contributed by atoms with Gasteiger partial charge in [0.25, 0.3) is 0 Å². The van der Waals surface area contributed by atoms with Crippen LogP contribution in [0, 0.1) is 25.7 Å². The molecule has 0 spiro atoms. The molecule has 2 atom stereocenters. The van der Waals surface area contributed by atoms with Gasteiger partial charge in [0.2, 0.25) is 9.87 Å². The lowest BCUT2D eigenvalue weighted by Gasteiger charge is -2.44. The van der Waals surface area contributed by atoms with Gasteiger partial charge < -0.3 is 29.9 Å². The third-order valence-electron chi connectivity index (χ3n) is 9.36. The quantitative estimate of drug-likeness (QED) is 0.317. The average Bonchev–Trinajstić information content (AvgIpc) is 3.89. The van der Waals surface area contributed by atoms with Gasteiger partial charge in [0.1, 0.15) is 0 Å². The van der Waals surface area contributed by atoms with Crippen molar-refractivity contribution in [1.82, 2.24) is 10.6 Å². The third kappa shape index (κ3) is 5.83. The Labute approximate surface area is 278 Å². The number of esters is 2. The number of carbonyl (C=O) groups is 2. The molecule has 2 aromatic carbocycles. The zero-order valence-corrected chi connectivity index (χ0v) is 28.0. The van der Waals surface area contributed by atoms with Gasteiger partial charge in [-0.3, -0.25) is 9.98 Å². The minimum absolute atomic E-state index is 0.394. The van der Waals surface area contributed by atoms with Crippen LogP contribution in [-0.4, -0.2) is 85.8 Å². The number of rotatable bonds is 8. The van der Waals surface area contributed by atoms with Crippen LogP contribution in [0.4, 0.5) is 11.4 Å².